The number of anilines is 1. The molecular formula is C13H20N2. The first-order valence-corrected chi connectivity index (χ1v) is 5.75. The minimum atomic E-state index is 0.704. The lowest BCUT2D eigenvalue weighted by Crippen LogP contribution is -2.23. The van der Waals surface area contributed by atoms with E-state index in [1.165, 1.54) is 37.1 Å². The van der Waals surface area contributed by atoms with Crippen molar-refractivity contribution in [3.63, 3.8) is 0 Å². The van der Waals surface area contributed by atoms with Crippen LogP contribution in [0.4, 0.5) is 5.69 Å². The number of hydrogen-bond donors (Lipinski definition) is 1. The van der Waals surface area contributed by atoms with Crippen LogP contribution in [0.25, 0.3) is 0 Å². The molecule has 0 aromatic heterocycles. The fourth-order valence-corrected chi connectivity index (χ4v) is 2.15. The summed E-state index contributed by atoms with van der Waals surface area (Å²) >= 11 is 0. The topological polar surface area (TPSA) is 15.3 Å². The highest BCUT2D eigenvalue weighted by Crippen LogP contribution is 2.16. The summed E-state index contributed by atoms with van der Waals surface area (Å²) in [7, 11) is 4.15. The second-order valence-corrected chi connectivity index (χ2v) is 4.56. The van der Waals surface area contributed by atoms with Gasteiger partial charge in [0.05, 0.1) is 0 Å². The highest BCUT2D eigenvalue weighted by Gasteiger charge is 2.13. The first-order chi connectivity index (χ1) is 7.25. The summed E-state index contributed by atoms with van der Waals surface area (Å²) in [4.78, 5) is 2.14. The maximum atomic E-state index is 3.53. The quantitative estimate of drug-likeness (QED) is 0.810. The zero-order valence-corrected chi connectivity index (χ0v) is 9.66. The zero-order chi connectivity index (χ0) is 10.7. The van der Waals surface area contributed by atoms with Gasteiger partial charge in [0, 0.05) is 25.8 Å². The van der Waals surface area contributed by atoms with Gasteiger partial charge in [-0.05, 0) is 43.5 Å². The lowest BCUT2D eigenvalue weighted by Gasteiger charge is -2.14. The van der Waals surface area contributed by atoms with Crippen molar-refractivity contribution in [3.05, 3.63) is 29.8 Å². The molecule has 1 atom stereocenters. The predicted molar refractivity (Wildman–Crippen MR) is 65.5 cm³/mol. The van der Waals surface area contributed by atoms with Crippen molar-refractivity contribution in [1.29, 1.82) is 0 Å². The molecule has 15 heavy (non-hydrogen) atoms. The van der Waals surface area contributed by atoms with Gasteiger partial charge in [-0.3, -0.25) is 0 Å². The number of rotatable bonds is 3. The van der Waals surface area contributed by atoms with Crippen LogP contribution < -0.4 is 10.2 Å². The second kappa shape index (κ2) is 4.67. The number of nitrogens with one attached hydrogen (secondary N) is 1. The molecule has 0 amide bonds. The van der Waals surface area contributed by atoms with Gasteiger partial charge in [-0.2, -0.15) is 0 Å². The lowest BCUT2D eigenvalue weighted by atomic mass is 10.0. The van der Waals surface area contributed by atoms with E-state index in [-0.39, 0.29) is 0 Å². The second-order valence-electron chi connectivity index (χ2n) is 4.56. The first kappa shape index (κ1) is 10.5. The Kier molecular flexibility index (Phi) is 3.27. The molecule has 1 heterocycles. The van der Waals surface area contributed by atoms with Crippen LogP contribution in [0.5, 0.6) is 0 Å². The van der Waals surface area contributed by atoms with Crippen LogP contribution in [0.1, 0.15) is 18.4 Å². The summed E-state index contributed by atoms with van der Waals surface area (Å²) in [6, 6.07) is 9.59. The average molecular weight is 204 g/mol. The Labute approximate surface area is 92.3 Å². The number of benzene rings is 1. The van der Waals surface area contributed by atoms with Crippen molar-refractivity contribution in [2.24, 2.45) is 0 Å². The smallest absolute Gasteiger partial charge is 0.0361 e. The molecule has 0 spiro atoms. The van der Waals surface area contributed by atoms with E-state index in [0.717, 1.165) is 0 Å². The molecule has 1 unspecified atom stereocenters. The SMILES string of the molecule is CN(C)c1ccc(CC2CCCN2)cc1. The van der Waals surface area contributed by atoms with Gasteiger partial charge in [-0.15, -0.1) is 0 Å². The van der Waals surface area contributed by atoms with Crippen LogP contribution in [0.3, 0.4) is 0 Å². The van der Waals surface area contributed by atoms with Gasteiger partial charge in [0.2, 0.25) is 0 Å². The number of nitrogens with zero attached hydrogens (tertiary/aromatic N) is 1. The lowest BCUT2D eigenvalue weighted by molar-refractivity contribution is 0.603. The van der Waals surface area contributed by atoms with E-state index in [2.05, 4.69) is 48.6 Å². The molecule has 0 bridgehead atoms. The third-order valence-electron chi connectivity index (χ3n) is 3.10. The Morgan fingerprint density at radius 3 is 2.53 bits per heavy atom. The molecule has 1 aromatic carbocycles. The van der Waals surface area contributed by atoms with Crippen molar-refractivity contribution in [2.45, 2.75) is 25.3 Å². The largest absolute Gasteiger partial charge is 0.378 e. The van der Waals surface area contributed by atoms with Crippen molar-refractivity contribution < 1.29 is 0 Å². The molecule has 1 saturated heterocycles. The Balaban J connectivity index is 1.97. The Morgan fingerprint density at radius 2 is 2.00 bits per heavy atom. The van der Waals surface area contributed by atoms with Gasteiger partial charge in [0.1, 0.15) is 0 Å². The highest BCUT2D eigenvalue weighted by molar-refractivity contribution is 5.46. The minimum Gasteiger partial charge on any atom is -0.378 e. The maximum Gasteiger partial charge on any atom is 0.0361 e. The first-order valence-electron chi connectivity index (χ1n) is 5.75. The minimum absolute atomic E-state index is 0.704. The fourth-order valence-electron chi connectivity index (χ4n) is 2.15. The van der Waals surface area contributed by atoms with E-state index in [4.69, 9.17) is 0 Å². The van der Waals surface area contributed by atoms with E-state index in [1.807, 2.05) is 0 Å². The van der Waals surface area contributed by atoms with Crippen LogP contribution in [-0.4, -0.2) is 26.7 Å². The monoisotopic (exact) mass is 204 g/mol. The van der Waals surface area contributed by atoms with Crippen molar-refractivity contribution in [1.82, 2.24) is 5.32 Å². The van der Waals surface area contributed by atoms with Gasteiger partial charge >= 0.3 is 0 Å². The molecule has 1 N–H and O–H groups in total. The Bertz CT molecular complexity index is 297. The van der Waals surface area contributed by atoms with Crippen LogP contribution in [-0.2, 0) is 6.42 Å². The molecule has 0 saturated carbocycles. The molecular weight excluding hydrogens is 184 g/mol. The molecule has 1 aliphatic rings. The van der Waals surface area contributed by atoms with E-state index in [0.29, 0.717) is 6.04 Å². The third kappa shape index (κ3) is 2.72. The summed E-state index contributed by atoms with van der Waals surface area (Å²) in [6.45, 7) is 1.19. The van der Waals surface area contributed by atoms with Gasteiger partial charge in [0.15, 0.2) is 0 Å². The molecule has 1 aromatic rings. The van der Waals surface area contributed by atoms with Crippen LogP contribution >= 0.6 is 0 Å². The molecule has 2 rings (SSSR count). The van der Waals surface area contributed by atoms with Crippen LogP contribution in [0.15, 0.2) is 24.3 Å². The van der Waals surface area contributed by atoms with Crippen molar-refractivity contribution in [3.8, 4) is 0 Å². The summed E-state index contributed by atoms with van der Waals surface area (Å²) in [6.07, 6.45) is 3.84. The average Bonchev–Trinajstić information content (AvgIpc) is 2.71. The Morgan fingerprint density at radius 1 is 1.27 bits per heavy atom. The normalized spacial score (nSPS) is 20.5. The molecule has 2 heteroatoms. The van der Waals surface area contributed by atoms with Crippen LogP contribution in [0, 0.1) is 0 Å². The van der Waals surface area contributed by atoms with Gasteiger partial charge in [-0.1, -0.05) is 12.1 Å². The van der Waals surface area contributed by atoms with Gasteiger partial charge < -0.3 is 10.2 Å². The molecule has 0 radical (unpaired) electrons. The molecule has 2 nitrogen and oxygen atoms in total. The number of hydrogen-bond acceptors (Lipinski definition) is 2. The predicted octanol–water partition coefficient (Wildman–Crippen LogP) is 2.05. The van der Waals surface area contributed by atoms with E-state index >= 15 is 0 Å². The van der Waals surface area contributed by atoms with Crippen LogP contribution in [0.2, 0.25) is 0 Å². The summed E-state index contributed by atoms with van der Waals surface area (Å²) in [5.74, 6) is 0. The third-order valence-corrected chi connectivity index (χ3v) is 3.10. The molecule has 0 aliphatic carbocycles. The fraction of sp³-hybridized carbons (Fsp3) is 0.538. The Hall–Kier alpha value is -1.02. The summed E-state index contributed by atoms with van der Waals surface area (Å²) in [5.41, 5.74) is 2.72. The van der Waals surface area contributed by atoms with Gasteiger partial charge in [-0.25, -0.2) is 0 Å². The zero-order valence-electron chi connectivity index (χ0n) is 9.66. The van der Waals surface area contributed by atoms with E-state index in [1.54, 1.807) is 0 Å². The molecule has 82 valence electrons. The summed E-state index contributed by atoms with van der Waals surface area (Å²) in [5, 5.41) is 3.53. The standard InChI is InChI=1S/C13H20N2/c1-15(2)13-7-5-11(6-8-13)10-12-4-3-9-14-12/h5-8,12,14H,3-4,9-10H2,1-2H3. The van der Waals surface area contributed by atoms with Crippen molar-refractivity contribution >= 4 is 5.69 Å². The molecule has 1 aliphatic heterocycles. The van der Waals surface area contributed by atoms with E-state index in [9.17, 15) is 0 Å². The highest BCUT2D eigenvalue weighted by atomic mass is 15.1. The molecule has 1 fully saturated rings. The maximum absolute atomic E-state index is 3.53. The van der Waals surface area contributed by atoms with E-state index < -0.39 is 0 Å². The summed E-state index contributed by atoms with van der Waals surface area (Å²) < 4.78 is 0. The van der Waals surface area contributed by atoms with Crippen molar-refractivity contribution in [2.75, 3.05) is 25.5 Å². The van der Waals surface area contributed by atoms with Gasteiger partial charge in [0.25, 0.3) is 0 Å².